The van der Waals surface area contributed by atoms with Gasteiger partial charge < -0.3 is 16.3 Å². The van der Waals surface area contributed by atoms with Crippen molar-refractivity contribution in [3.8, 4) is 0 Å². The highest BCUT2D eigenvalue weighted by Gasteiger charge is 2.08. The Bertz CT molecular complexity index is 378. The highest BCUT2D eigenvalue weighted by molar-refractivity contribution is 7.11. The third kappa shape index (κ3) is 5.01. The van der Waals surface area contributed by atoms with Crippen LogP contribution < -0.4 is 11.1 Å². The average Bonchev–Trinajstić information content (AvgIpc) is 2.86. The lowest BCUT2D eigenvalue weighted by molar-refractivity contribution is 0.316. The van der Waals surface area contributed by atoms with Crippen LogP contribution in [-0.4, -0.2) is 22.6 Å². The first-order valence-corrected chi connectivity index (χ1v) is 7.13. The number of amidine groups is 1. The number of nitrogens with one attached hydrogen (secondary N) is 1. The van der Waals surface area contributed by atoms with E-state index in [1.54, 1.807) is 11.3 Å². The maximum atomic E-state index is 8.39. The van der Waals surface area contributed by atoms with Crippen LogP contribution >= 0.6 is 11.3 Å². The van der Waals surface area contributed by atoms with Crippen molar-refractivity contribution in [3.05, 3.63) is 16.1 Å². The van der Waals surface area contributed by atoms with Gasteiger partial charge in [-0.25, -0.2) is 4.98 Å². The Kier molecular flexibility index (Phi) is 6.67. The van der Waals surface area contributed by atoms with Gasteiger partial charge in [0.15, 0.2) is 0 Å². The summed E-state index contributed by atoms with van der Waals surface area (Å²) in [6.07, 6.45) is 5.57. The molecule has 0 aromatic carbocycles. The quantitative estimate of drug-likeness (QED) is 0.222. The van der Waals surface area contributed by atoms with Crippen molar-refractivity contribution in [3.63, 3.8) is 0 Å². The first kappa shape index (κ1) is 14.9. The molecule has 0 saturated heterocycles. The fraction of sp³-hybridized carbons (Fsp3) is 0.667. The molecule has 1 rings (SSSR count). The first-order chi connectivity index (χ1) is 8.67. The van der Waals surface area contributed by atoms with Crippen LogP contribution in [-0.2, 0) is 6.42 Å². The zero-order valence-electron chi connectivity index (χ0n) is 11.0. The first-order valence-electron chi connectivity index (χ1n) is 6.31. The Morgan fingerprint density at radius 1 is 1.61 bits per heavy atom. The molecule has 0 saturated carbocycles. The van der Waals surface area contributed by atoms with E-state index >= 15 is 0 Å². The molecule has 1 aromatic heterocycles. The molecule has 0 aliphatic rings. The van der Waals surface area contributed by atoms with E-state index in [9.17, 15) is 0 Å². The van der Waals surface area contributed by atoms with Gasteiger partial charge in [-0.1, -0.05) is 12.1 Å². The number of hydrogen-bond donors (Lipinski definition) is 3. The number of nitrogens with zero attached hydrogens (tertiary/aromatic N) is 2. The molecule has 1 heterocycles. The molecule has 1 atom stereocenters. The van der Waals surface area contributed by atoms with Crippen LogP contribution in [0.5, 0.6) is 0 Å². The fourth-order valence-corrected chi connectivity index (χ4v) is 2.46. The maximum Gasteiger partial charge on any atom is 0.139 e. The number of thiazole rings is 1. The van der Waals surface area contributed by atoms with E-state index in [1.165, 1.54) is 4.88 Å². The second-order valence-electron chi connectivity index (χ2n) is 4.24. The van der Waals surface area contributed by atoms with Gasteiger partial charge in [-0.15, -0.1) is 11.3 Å². The summed E-state index contributed by atoms with van der Waals surface area (Å²) >= 11 is 1.77. The minimum absolute atomic E-state index is 0.291. The van der Waals surface area contributed by atoms with Crippen molar-refractivity contribution in [2.24, 2.45) is 10.9 Å². The second kappa shape index (κ2) is 8.05. The van der Waals surface area contributed by atoms with Crippen molar-refractivity contribution in [2.75, 3.05) is 6.54 Å². The van der Waals surface area contributed by atoms with Crippen LogP contribution in [0, 0.1) is 0 Å². The Morgan fingerprint density at radius 3 is 3.00 bits per heavy atom. The average molecular weight is 270 g/mol. The summed E-state index contributed by atoms with van der Waals surface area (Å²) in [5.41, 5.74) is 5.40. The molecule has 0 fully saturated rings. The number of aromatic nitrogens is 1. The third-order valence-electron chi connectivity index (χ3n) is 2.73. The van der Waals surface area contributed by atoms with Crippen molar-refractivity contribution in [1.29, 1.82) is 0 Å². The lowest BCUT2D eigenvalue weighted by atomic mass is 10.2. The minimum Gasteiger partial charge on any atom is -0.409 e. The number of hydrogen-bond acceptors (Lipinski definition) is 5. The third-order valence-corrected chi connectivity index (χ3v) is 4.05. The predicted molar refractivity (Wildman–Crippen MR) is 75.2 cm³/mol. The van der Waals surface area contributed by atoms with Gasteiger partial charge in [-0.05, 0) is 32.7 Å². The molecule has 5 nitrogen and oxygen atoms in total. The van der Waals surface area contributed by atoms with Gasteiger partial charge in [0.2, 0.25) is 0 Å². The molecule has 0 radical (unpaired) electrons. The number of nitrogens with two attached hydrogens (primary N) is 1. The minimum atomic E-state index is 0.291. The highest BCUT2D eigenvalue weighted by atomic mass is 32.1. The lowest BCUT2D eigenvalue weighted by Crippen LogP contribution is -2.20. The molecule has 1 unspecified atom stereocenters. The maximum absolute atomic E-state index is 8.39. The largest absolute Gasteiger partial charge is 0.409 e. The van der Waals surface area contributed by atoms with Crippen LogP contribution in [0.15, 0.2) is 11.4 Å². The van der Waals surface area contributed by atoms with Gasteiger partial charge in [-0.2, -0.15) is 0 Å². The van der Waals surface area contributed by atoms with Crippen LogP contribution in [0.4, 0.5) is 0 Å². The molecule has 0 amide bonds. The monoisotopic (exact) mass is 270 g/mol. The summed E-state index contributed by atoms with van der Waals surface area (Å²) in [6, 6.07) is 0.291. The molecule has 0 bridgehead atoms. The van der Waals surface area contributed by atoms with Gasteiger partial charge in [-0.3, -0.25) is 0 Å². The van der Waals surface area contributed by atoms with E-state index in [2.05, 4.69) is 29.3 Å². The number of unbranched alkanes of at least 4 members (excludes halogenated alkanes) is 1. The Balaban J connectivity index is 2.19. The SMILES string of the molecule is CCc1cnc(C(C)NCCCCC(N)=NO)s1. The molecule has 102 valence electrons. The number of rotatable bonds is 8. The Morgan fingerprint density at radius 2 is 2.39 bits per heavy atom. The van der Waals surface area contributed by atoms with Gasteiger partial charge in [0.1, 0.15) is 10.8 Å². The molecule has 0 spiro atoms. The van der Waals surface area contributed by atoms with Crippen molar-refractivity contribution in [1.82, 2.24) is 10.3 Å². The van der Waals surface area contributed by atoms with Crippen LogP contribution in [0.3, 0.4) is 0 Å². The number of oxime groups is 1. The summed E-state index contributed by atoms with van der Waals surface area (Å²) in [5, 5.41) is 15.9. The van der Waals surface area contributed by atoms with E-state index in [0.717, 1.165) is 30.8 Å². The van der Waals surface area contributed by atoms with Gasteiger partial charge in [0.05, 0.1) is 6.04 Å². The van der Waals surface area contributed by atoms with Gasteiger partial charge in [0.25, 0.3) is 0 Å². The van der Waals surface area contributed by atoms with E-state index in [-0.39, 0.29) is 0 Å². The standard InChI is InChI=1S/C12H22N4OS/c1-3-10-8-15-12(18-10)9(2)14-7-5-4-6-11(13)16-17/h8-9,14,17H,3-7H2,1-2H3,(H2,13,16). The summed E-state index contributed by atoms with van der Waals surface area (Å²) in [7, 11) is 0. The lowest BCUT2D eigenvalue weighted by Gasteiger charge is -2.10. The smallest absolute Gasteiger partial charge is 0.139 e. The summed E-state index contributed by atoms with van der Waals surface area (Å²) in [4.78, 5) is 5.74. The predicted octanol–water partition coefficient (Wildman–Crippen LogP) is 2.27. The molecular formula is C12H22N4OS. The second-order valence-corrected chi connectivity index (χ2v) is 5.39. The Labute approximate surface area is 112 Å². The van der Waals surface area contributed by atoms with E-state index in [0.29, 0.717) is 18.3 Å². The van der Waals surface area contributed by atoms with Gasteiger partial charge in [0, 0.05) is 17.5 Å². The fourth-order valence-electron chi connectivity index (χ4n) is 1.57. The van der Waals surface area contributed by atoms with Gasteiger partial charge >= 0.3 is 0 Å². The van der Waals surface area contributed by atoms with Crippen molar-refractivity contribution < 1.29 is 5.21 Å². The van der Waals surface area contributed by atoms with E-state index in [1.807, 2.05) is 6.20 Å². The molecule has 4 N–H and O–H groups in total. The van der Waals surface area contributed by atoms with Crippen LogP contribution in [0.1, 0.15) is 49.0 Å². The molecule has 6 heteroatoms. The summed E-state index contributed by atoms with van der Waals surface area (Å²) in [5.74, 6) is 0.301. The van der Waals surface area contributed by atoms with E-state index in [4.69, 9.17) is 10.9 Å². The molecular weight excluding hydrogens is 248 g/mol. The van der Waals surface area contributed by atoms with E-state index < -0.39 is 0 Å². The normalized spacial score (nSPS) is 13.8. The van der Waals surface area contributed by atoms with Crippen molar-refractivity contribution in [2.45, 2.75) is 45.6 Å². The Hall–Kier alpha value is -1.14. The van der Waals surface area contributed by atoms with Crippen LogP contribution in [0.25, 0.3) is 0 Å². The van der Waals surface area contributed by atoms with Crippen LogP contribution in [0.2, 0.25) is 0 Å². The van der Waals surface area contributed by atoms with Crippen molar-refractivity contribution >= 4 is 17.2 Å². The number of aryl methyl sites for hydroxylation is 1. The highest BCUT2D eigenvalue weighted by Crippen LogP contribution is 2.20. The summed E-state index contributed by atoms with van der Waals surface area (Å²) < 4.78 is 0. The zero-order chi connectivity index (χ0) is 13.4. The summed E-state index contributed by atoms with van der Waals surface area (Å²) in [6.45, 7) is 5.19. The molecule has 1 aromatic rings. The topological polar surface area (TPSA) is 83.5 Å². The molecule has 0 aliphatic carbocycles. The molecule has 18 heavy (non-hydrogen) atoms. The molecule has 0 aliphatic heterocycles. The zero-order valence-corrected chi connectivity index (χ0v) is 11.8.